The molecule has 0 N–H and O–H groups in total. The van der Waals surface area contributed by atoms with E-state index in [1.165, 1.54) is 21.2 Å². The van der Waals surface area contributed by atoms with Crippen molar-refractivity contribution in [3.63, 3.8) is 0 Å². The number of ether oxygens (including phenoxy) is 4. The number of rotatable bonds is 10. The molecule has 0 aromatic heterocycles. The zero-order valence-corrected chi connectivity index (χ0v) is 28.0. The van der Waals surface area contributed by atoms with E-state index >= 15 is 0 Å². The molecule has 0 amide bonds. The second kappa shape index (κ2) is 13.9. The van der Waals surface area contributed by atoms with Crippen LogP contribution in [0.5, 0.6) is 0 Å². The van der Waals surface area contributed by atoms with Gasteiger partial charge in [-0.1, -0.05) is 135 Å². The van der Waals surface area contributed by atoms with Gasteiger partial charge in [0.25, 0.3) is 0 Å². The van der Waals surface area contributed by atoms with E-state index in [1.54, 1.807) is 14.2 Å². The molecule has 4 nitrogen and oxygen atoms in total. The van der Waals surface area contributed by atoms with Crippen molar-refractivity contribution in [1.82, 2.24) is 0 Å². The highest BCUT2D eigenvalue weighted by atomic mass is 31.1. The van der Waals surface area contributed by atoms with E-state index in [0.29, 0.717) is 0 Å². The Morgan fingerprint density at radius 2 is 0.795 bits per heavy atom. The minimum Gasteiger partial charge on any atom is -0.349 e. The Morgan fingerprint density at radius 3 is 1.05 bits per heavy atom. The number of fused-ring (bicyclic) bond motifs is 1. The van der Waals surface area contributed by atoms with Gasteiger partial charge in [0, 0.05) is 38.4 Å². The normalized spacial score (nSPS) is 26.7. The van der Waals surface area contributed by atoms with Gasteiger partial charge in [-0.2, -0.15) is 0 Å². The Bertz CT molecular complexity index is 1270. The van der Waals surface area contributed by atoms with Gasteiger partial charge in [-0.25, -0.2) is 0 Å². The summed E-state index contributed by atoms with van der Waals surface area (Å²) in [7, 11) is 1.95. The molecule has 1 saturated heterocycles. The van der Waals surface area contributed by atoms with Gasteiger partial charge in [-0.15, -0.1) is 0 Å². The minimum atomic E-state index is -0.966. The molecule has 6 atom stereocenters. The van der Waals surface area contributed by atoms with E-state index in [2.05, 4.69) is 135 Å². The van der Waals surface area contributed by atoms with E-state index in [9.17, 15) is 0 Å². The molecule has 1 saturated carbocycles. The van der Waals surface area contributed by atoms with Crippen LogP contribution in [0, 0.1) is 0 Å². The lowest BCUT2D eigenvalue weighted by Crippen LogP contribution is -2.71. The van der Waals surface area contributed by atoms with Crippen LogP contribution in [-0.4, -0.2) is 49.3 Å². The van der Waals surface area contributed by atoms with Crippen molar-refractivity contribution in [3.05, 3.63) is 121 Å². The monoisotopic (exact) mass is 626 g/mol. The molecule has 1 aliphatic heterocycles. The fourth-order valence-electron chi connectivity index (χ4n) is 7.21. The summed E-state index contributed by atoms with van der Waals surface area (Å²) in [5.41, 5.74) is 0.268. The summed E-state index contributed by atoms with van der Waals surface area (Å²) >= 11 is 0. The van der Waals surface area contributed by atoms with Gasteiger partial charge in [0.15, 0.2) is 0 Å². The maximum absolute atomic E-state index is 7.42. The first-order valence-corrected chi connectivity index (χ1v) is 18.6. The summed E-state index contributed by atoms with van der Waals surface area (Å²) in [4.78, 5) is 0. The highest BCUT2D eigenvalue weighted by Gasteiger charge is 2.64. The highest BCUT2D eigenvalue weighted by molar-refractivity contribution is 7.74. The van der Waals surface area contributed by atoms with Crippen LogP contribution in [0.4, 0.5) is 0 Å². The van der Waals surface area contributed by atoms with Crippen LogP contribution >= 0.6 is 15.8 Å². The van der Waals surface area contributed by atoms with Gasteiger partial charge < -0.3 is 18.9 Å². The lowest BCUT2D eigenvalue weighted by atomic mass is 9.85. The fraction of sp³-hybridized carbons (Fsp3) is 0.368. The Balaban J connectivity index is 1.49. The molecule has 230 valence electrons. The van der Waals surface area contributed by atoms with Crippen LogP contribution in [0.3, 0.4) is 0 Å². The molecular weight excluding hydrogens is 582 g/mol. The van der Waals surface area contributed by atoms with Crippen molar-refractivity contribution in [3.8, 4) is 0 Å². The van der Waals surface area contributed by atoms with E-state index < -0.39 is 27.4 Å². The standard InChI is InChI=1S/C38H44O4P2/c1-29(43(31-19-9-5-10-20-31)32-21-11-6-12-22-32)35-36(42-38(40-4)28-18-17-27-37(38,39-3)41-35)30(2)44(33-23-13-7-14-24-33)34-25-15-8-16-26-34/h5-16,19-26,29-30,35-36H,17-18,27-28H2,1-4H3/t29-,30-,35-,36-,37-,38-/m1/s1. The van der Waals surface area contributed by atoms with Crippen LogP contribution in [0.15, 0.2) is 121 Å². The van der Waals surface area contributed by atoms with Crippen molar-refractivity contribution in [1.29, 1.82) is 0 Å². The van der Waals surface area contributed by atoms with Crippen molar-refractivity contribution >= 4 is 37.1 Å². The number of hydrogen-bond acceptors (Lipinski definition) is 4. The van der Waals surface area contributed by atoms with Crippen LogP contribution in [-0.2, 0) is 18.9 Å². The van der Waals surface area contributed by atoms with Gasteiger partial charge in [-0.3, -0.25) is 0 Å². The zero-order chi connectivity index (χ0) is 30.6. The van der Waals surface area contributed by atoms with Crippen molar-refractivity contribution in [2.45, 2.75) is 74.6 Å². The maximum Gasteiger partial charge on any atom is 0.223 e. The lowest BCUT2D eigenvalue weighted by molar-refractivity contribution is -0.468. The first-order chi connectivity index (χ1) is 21.5. The third-order valence-electron chi connectivity index (χ3n) is 9.38. The van der Waals surface area contributed by atoms with Crippen molar-refractivity contribution < 1.29 is 18.9 Å². The molecule has 1 heterocycles. The highest BCUT2D eigenvalue weighted by Crippen LogP contribution is 2.56. The maximum atomic E-state index is 7.42. The fourth-order valence-corrected chi connectivity index (χ4v) is 12.7. The van der Waals surface area contributed by atoms with Gasteiger partial charge in [-0.05, 0) is 49.9 Å². The first kappa shape index (κ1) is 31.6. The molecule has 1 aliphatic carbocycles. The Hall–Kier alpha value is -2.42. The molecule has 0 bridgehead atoms. The van der Waals surface area contributed by atoms with Gasteiger partial charge in [0.2, 0.25) is 11.6 Å². The summed E-state index contributed by atoms with van der Waals surface area (Å²) in [5, 5.41) is 5.35. The number of benzene rings is 4. The van der Waals surface area contributed by atoms with E-state index in [4.69, 9.17) is 18.9 Å². The summed E-state index contributed by atoms with van der Waals surface area (Å²) in [5.74, 6) is -1.93. The van der Waals surface area contributed by atoms with Gasteiger partial charge in [0.05, 0.1) is 12.2 Å². The van der Waals surface area contributed by atoms with Gasteiger partial charge >= 0.3 is 0 Å². The Labute approximate surface area is 265 Å². The van der Waals surface area contributed by atoms with E-state index in [-0.39, 0.29) is 23.5 Å². The summed E-state index contributed by atoms with van der Waals surface area (Å²) in [6.07, 6.45) is 3.04. The van der Waals surface area contributed by atoms with Crippen LogP contribution in [0.25, 0.3) is 0 Å². The summed E-state index contributed by atoms with van der Waals surface area (Å²) in [6, 6.07) is 43.7. The van der Waals surface area contributed by atoms with Gasteiger partial charge in [0.1, 0.15) is 0 Å². The SMILES string of the molecule is CO[C@@]12CCCC[C@@]1(OC)O[C@H]([C@@H](C)P(c1ccccc1)c1ccccc1)[C@@H]([C@@H](C)P(c1ccccc1)c1ccccc1)O2. The van der Waals surface area contributed by atoms with E-state index in [0.717, 1.165) is 25.7 Å². The second-order valence-electron chi connectivity index (χ2n) is 11.8. The molecule has 6 heteroatoms. The van der Waals surface area contributed by atoms with Crippen LogP contribution in [0.2, 0.25) is 0 Å². The van der Waals surface area contributed by atoms with Crippen molar-refractivity contribution in [2.24, 2.45) is 0 Å². The molecule has 0 unspecified atom stereocenters. The lowest BCUT2D eigenvalue weighted by Gasteiger charge is -2.59. The largest absolute Gasteiger partial charge is 0.349 e. The number of methoxy groups -OCH3 is 2. The third-order valence-corrected chi connectivity index (χ3v) is 15.0. The Kier molecular flexibility index (Phi) is 9.98. The average molecular weight is 627 g/mol. The summed E-state index contributed by atoms with van der Waals surface area (Å²) in [6.45, 7) is 4.72. The quantitative estimate of drug-likeness (QED) is 0.177. The average Bonchev–Trinajstić information content (AvgIpc) is 3.09. The topological polar surface area (TPSA) is 36.9 Å². The number of hydrogen-bond donors (Lipinski definition) is 0. The Morgan fingerprint density at radius 1 is 0.523 bits per heavy atom. The minimum absolute atomic E-state index is 0.134. The molecule has 6 rings (SSSR count). The molecule has 0 radical (unpaired) electrons. The van der Waals surface area contributed by atoms with Crippen LogP contribution < -0.4 is 21.2 Å². The van der Waals surface area contributed by atoms with Crippen LogP contribution in [0.1, 0.15) is 39.5 Å². The molecule has 2 aliphatic rings. The molecule has 2 fully saturated rings. The zero-order valence-electron chi connectivity index (χ0n) is 26.2. The molecule has 0 spiro atoms. The molecule has 4 aromatic rings. The second-order valence-corrected chi connectivity index (χ2v) is 17.0. The smallest absolute Gasteiger partial charge is 0.223 e. The predicted molar refractivity (Wildman–Crippen MR) is 185 cm³/mol. The van der Waals surface area contributed by atoms with E-state index in [1.807, 2.05) is 0 Å². The van der Waals surface area contributed by atoms with Crippen molar-refractivity contribution in [2.75, 3.05) is 14.2 Å². The third kappa shape index (κ3) is 5.94. The molecule has 4 aromatic carbocycles. The summed E-state index contributed by atoms with van der Waals surface area (Å²) < 4.78 is 27.5. The predicted octanol–water partition coefficient (Wildman–Crippen LogP) is 7.07. The molecular formula is C38H44O4P2. The molecule has 44 heavy (non-hydrogen) atoms. The first-order valence-electron chi connectivity index (χ1n) is 15.8.